The highest BCUT2D eigenvalue weighted by Crippen LogP contribution is 2.38. The second-order valence-electron chi connectivity index (χ2n) is 4.58. The second-order valence-corrected chi connectivity index (χ2v) is 7.96. The Labute approximate surface area is 144 Å². The van der Waals surface area contributed by atoms with E-state index < -0.39 is 10.0 Å². The van der Waals surface area contributed by atoms with Crippen LogP contribution >= 0.6 is 23.4 Å². The maximum Gasteiger partial charge on any atom is 0.241 e. The van der Waals surface area contributed by atoms with Gasteiger partial charge in [0.05, 0.1) is 10.7 Å². The molecule has 0 bridgehead atoms. The molecule has 1 amide bonds. The Hall–Kier alpha value is -1.54. The molecule has 0 heterocycles. The summed E-state index contributed by atoms with van der Waals surface area (Å²) >= 11 is 7.41. The van der Waals surface area contributed by atoms with Crippen molar-refractivity contribution in [2.24, 2.45) is 0 Å². The van der Waals surface area contributed by atoms with Gasteiger partial charge in [-0.1, -0.05) is 41.6 Å². The van der Waals surface area contributed by atoms with E-state index in [9.17, 15) is 13.2 Å². The highest BCUT2D eigenvalue weighted by atomic mass is 35.5. The van der Waals surface area contributed by atoms with Gasteiger partial charge in [-0.15, -0.1) is 0 Å². The molecule has 2 N–H and O–H groups in total. The minimum atomic E-state index is -3.70. The highest BCUT2D eigenvalue weighted by molar-refractivity contribution is 7.99. The zero-order chi connectivity index (χ0) is 17.0. The summed E-state index contributed by atoms with van der Waals surface area (Å²) in [7, 11) is -2.38. The Morgan fingerprint density at radius 2 is 1.83 bits per heavy atom. The number of rotatable bonds is 5. The third kappa shape index (κ3) is 4.48. The number of amides is 1. The summed E-state index contributed by atoms with van der Waals surface area (Å²) in [6.07, 6.45) is 0. The lowest BCUT2D eigenvalue weighted by Crippen LogP contribution is -2.19. The maximum atomic E-state index is 12.1. The molecule has 0 aromatic heterocycles. The van der Waals surface area contributed by atoms with Crippen molar-refractivity contribution in [1.82, 2.24) is 4.72 Å². The average molecular weight is 371 g/mol. The van der Waals surface area contributed by atoms with Gasteiger partial charge in [0.25, 0.3) is 0 Å². The van der Waals surface area contributed by atoms with Gasteiger partial charge in [0, 0.05) is 16.7 Å². The first-order valence-corrected chi connectivity index (χ1v) is 9.29. The van der Waals surface area contributed by atoms with E-state index in [0.717, 1.165) is 4.90 Å². The standard InChI is InChI=1S/C15H15ClN2O3S2/c1-10(19)18-13-8-12(16)15(23(20,21)17-2)9-14(13)22-11-6-4-3-5-7-11/h3-9,17H,1-2H3,(H,18,19). The quantitative estimate of drug-likeness (QED) is 0.846. The molecule has 2 aromatic rings. The molecule has 2 rings (SSSR count). The largest absolute Gasteiger partial charge is 0.325 e. The van der Waals surface area contributed by atoms with Gasteiger partial charge in [-0.25, -0.2) is 13.1 Å². The number of halogens is 1. The summed E-state index contributed by atoms with van der Waals surface area (Å²) in [5.41, 5.74) is 0.464. The normalized spacial score (nSPS) is 11.3. The van der Waals surface area contributed by atoms with Crippen molar-refractivity contribution in [3.8, 4) is 0 Å². The Morgan fingerprint density at radius 3 is 2.39 bits per heavy atom. The Morgan fingerprint density at radius 1 is 1.17 bits per heavy atom. The lowest BCUT2D eigenvalue weighted by molar-refractivity contribution is -0.114. The number of hydrogen-bond donors (Lipinski definition) is 2. The van der Waals surface area contributed by atoms with E-state index >= 15 is 0 Å². The summed E-state index contributed by atoms with van der Waals surface area (Å²) in [6.45, 7) is 1.38. The van der Waals surface area contributed by atoms with Crippen LogP contribution in [0.1, 0.15) is 6.92 Å². The molecule has 0 fully saturated rings. The molecule has 8 heteroatoms. The number of carbonyl (C=O) groups is 1. The topological polar surface area (TPSA) is 75.3 Å². The first-order chi connectivity index (χ1) is 10.8. The molecule has 5 nitrogen and oxygen atoms in total. The van der Waals surface area contributed by atoms with E-state index in [1.54, 1.807) is 0 Å². The molecule has 0 aliphatic heterocycles. The predicted molar refractivity (Wildman–Crippen MR) is 92.6 cm³/mol. The van der Waals surface area contributed by atoms with Gasteiger partial charge in [-0.2, -0.15) is 0 Å². The number of benzene rings is 2. The Balaban J connectivity index is 2.55. The van der Waals surface area contributed by atoms with Crippen molar-refractivity contribution in [3.05, 3.63) is 47.5 Å². The van der Waals surface area contributed by atoms with Crippen molar-refractivity contribution in [2.75, 3.05) is 12.4 Å². The minimum absolute atomic E-state index is 0.0331. The van der Waals surface area contributed by atoms with Gasteiger partial charge < -0.3 is 5.32 Å². The molecule has 2 aromatic carbocycles. The fourth-order valence-corrected chi connectivity index (χ4v) is 4.13. The smallest absolute Gasteiger partial charge is 0.241 e. The van der Waals surface area contributed by atoms with Crippen LogP contribution in [-0.2, 0) is 14.8 Å². The first kappa shape index (κ1) is 17.8. The lowest BCUT2D eigenvalue weighted by Gasteiger charge is -2.13. The van der Waals surface area contributed by atoms with E-state index in [4.69, 9.17) is 11.6 Å². The van der Waals surface area contributed by atoms with Crippen molar-refractivity contribution in [1.29, 1.82) is 0 Å². The van der Waals surface area contributed by atoms with Crippen LogP contribution < -0.4 is 10.0 Å². The Bertz CT molecular complexity index is 824. The van der Waals surface area contributed by atoms with E-state index in [1.807, 2.05) is 30.3 Å². The Kier molecular flexibility index (Phi) is 5.69. The molecule has 0 atom stereocenters. The molecule has 0 saturated carbocycles. The number of hydrogen-bond acceptors (Lipinski definition) is 4. The number of carbonyl (C=O) groups excluding carboxylic acids is 1. The van der Waals surface area contributed by atoms with E-state index in [2.05, 4.69) is 10.0 Å². The number of anilines is 1. The highest BCUT2D eigenvalue weighted by Gasteiger charge is 2.20. The molecule has 0 aliphatic carbocycles. The molecule has 0 spiro atoms. The second kappa shape index (κ2) is 7.35. The summed E-state index contributed by atoms with van der Waals surface area (Å²) in [5, 5.41) is 2.71. The van der Waals surface area contributed by atoms with E-state index in [-0.39, 0.29) is 15.8 Å². The van der Waals surface area contributed by atoms with E-state index in [1.165, 1.54) is 37.9 Å². The van der Waals surface area contributed by atoms with E-state index in [0.29, 0.717) is 10.6 Å². The average Bonchev–Trinajstić information content (AvgIpc) is 2.50. The predicted octanol–water partition coefficient (Wildman–Crippen LogP) is 3.36. The zero-order valence-electron chi connectivity index (χ0n) is 12.5. The van der Waals surface area contributed by atoms with Crippen LogP contribution in [0.25, 0.3) is 0 Å². The van der Waals surface area contributed by atoms with Crippen molar-refractivity contribution in [3.63, 3.8) is 0 Å². The molecular weight excluding hydrogens is 356 g/mol. The van der Waals surface area contributed by atoms with Gasteiger partial charge >= 0.3 is 0 Å². The summed E-state index contributed by atoms with van der Waals surface area (Å²) in [5.74, 6) is -0.264. The maximum absolute atomic E-state index is 12.1. The third-order valence-electron chi connectivity index (χ3n) is 2.87. The van der Waals surface area contributed by atoms with Crippen LogP contribution in [0.4, 0.5) is 5.69 Å². The van der Waals surface area contributed by atoms with Crippen LogP contribution in [0.3, 0.4) is 0 Å². The van der Waals surface area contributed by atoms with Gasteiger partial charge in [0.1, 0.15) is 4.90 Å². The van der Waals surface area contributed by atoms with Crippen LogP contribution in [0.2, 0.25) is 5.02 Å². The minimum Gasteiger partial charge on any atom is -0.325 e. The number of sulfonamides is 1. The SMILES string of the molecule is CNS(=O)(=O)c1cc(Sc2ccccc2)c(NC(C)=O)cc1Cl. The fourth-order valence-electron chi connectivity index (χ4n) is 1.84. The van der Waals surface area contributed by atoms with Gasteiger partial charge in [-0.3, -0.25) is 4.79 Å². The van der Waals surface area contributed by atoms with Crippen molar-refractivity contribution >= 4 is 45.0 Å². The molecule has 23 heavy (non-hydrogen) atoms. The monoisotopic (exact) mass is 370 g/mol. The van der Waals surface area contributed by atoms with Crippen LogP contribution in [0.5, 0.6) is 0 Å². The summed E-state index contributed by atoms with van der Waals surface area (Å²) < 4.78 is 26.4. The van der Waals surface area contributed by atoms with Crippen LogP contribution in [-0.4, -0.2) is 21.4 Å². The zero-order valence-corrected chi connectivity index (χ0v) is 14.8. The third-order valence-corrected chi connectivity index (χ3v) is 5.82. The van der Waals surface area contributed by atoms with Crippen molar-refractivity contribution < 1.29 is 13.2 Å². The van der Waals surface area contributed by atoms with Gasteiger partial charge in [-0.05, 0) is 31.3 Å². The number of nitrogens with one attached hydrogen (secondary N) is 2. The van der Waals surface area contributed by atoms with Gasteiger partial charge in [0.15, 0.2) is 0 Å². The molecule has 0 saturated heterocycles. The molecule has 122 valence electrons. The van der Waals surface area contributed by atoms with Crippen molar-refractivity contribution in [2.45, 2.75) is 21.6 Å². The lowest BCUT2D eigenvalue weighted by atomic mass is 10.3. The van der Waals surface area contributed by atoms with Crippen LogP contribution in [0, 0.1) is 0 Å². The fraction of sp³-hybridized carbons (Fsp3) is 0.133. The first-order valence-electron chi connectivity index (χ1n) is 6.61. The molecule has 0 aliphatic rings. The molecular formula is C15H15ClN2O3S2. The summed E-state index contributed by atoms with van der Waals surface area (Å²) in [6, 6.07) is 12.3. The molecule has 0 radical (unpaired) electrons. The summed E-state index contributed by atoms with van der Waals surface area (Å²) in [4.78, 5) is 12.8. The van der Waals surface area contributed by atoms with Gasteiger partial charge in [0.2, 0.25) is 15.9 Å². The van der Waals surface area contributed by atoms with Crippen LogP contribution in [0.15, 0.2) is 57.2 Å². The molecule has 0 unspecified atom stereocenters.